The van der Waals surface area contributed by atoms with Crippen molar-refractivity contribution in [2.45, 2.75) is 43.4 Å². The van der Waals surface area contributed by atoms with Gasteiger partial charge in [-0.25, -0.2) is 0 Å². The Labute approximate surface area is 118 Å². The summed E-state index contributed by atoms with van der Waals surface area (Å²) in [5.41, 5.74) is 0.216. The van der Waals surface area contributed by atoms with Crippen LogP contribution in [-0.4, -0.2) is 15.7 Å². The van der Waals surface area contributed by atoms with Gasteiger partial charge in [0.2, 0.25) is 0 Å². The molecule has 5 heteroatoms. The molecule has 0 fully saturated rings. The van der Waals surface area contributed by atoms with E-state index in [1.165, 1.54) is 0 Å². The number of carbonyl (C=O) groups is 1. The molecule has 1 N–H and O–H groups in total. The normalized spacial score (nSPS) is 25.8. The average Bonchev–Trinajstić information content (AvgIpc) is 2.15. The summed E-state index contributed by atoms with van der Waals surface area (Å²) in [6.07, 6.45) is 5.97. The predicted molar refractivity (Wildman–Crippen MR) is 73.5 cm³/mol. The van der Waals surface area contributed by atoms with Crippen LogP contribution in [0, 0.1) is 11.3 Å². The second-order valence-electron chi connectivity index (χ2n) is 5.54. The first-order valence-corrected chi connectivity index (χ1v) is 6.78. The lowest BCUT2D eigenvalue weighted by atomic mass is 9.73. The van der Waals surface area contributed by atoms with E-state index in [9.17, 15) is 4.79 Å². The second-order valence-corrected chi connectivity index (χ2v) is 7.82. The highest BCUT2D eigenvalue weighted by atomic mass is 35.6. The molecule has 0 aromatic heterocycles. The van der Waals surface area contributed by atoms with Gasteiger partial charge in [-0.05, 0) is 24.2 Å². The molecule has 1 amide bonds. The molecule has 0 aromatic rings. The molecule has 0 heterocycles. The molecule has 98 valence electrons. The molecule has 0 radical (unpaired) electrons. The minimum Gasteiger partial charge on any atom is -0.346 e. The number of alkyl halides is 3. The Morgan fingerprint density at radius 2 is 1.88 bits per heavy atom. The molecule has 0 saturated carbocycles. The van der Waals surface area contributed by atoms with Crippen LogP contribution < -0.4 is 5.32 Å². The Bertz CT molecular complexity index is 315. The lowest BCUT2D eigenvalue weighted by molar-refractivity contribution is -0.120. The van der Waals surface area contributed by atoms with Crippen molar-refractivity contribution in [1.29, 1.82) is 0 Å². The van der Waals surface area contributed by atoms with E-state index < -0.39 is 9.70 Å². The molecular formula is C12H18Cl3NO. The first-order chi connectivity index (χ1) is 7.60. The monoisotopic (exact) mass is 297 g/mol. The highest BCUT2D eigenvalue weighted by Gasteiger charge is 2.34. The lowest BCUT2D eigenvalue weighted by Crippen LogP contribution is -2.43. The van der Waals surface area contributed by atoms with Gasteiger partial charge in [0, 0.05) is 6.04 Å². The molecule has 1 rings (SSSR count). The number of hydrogen-bond donors (Lipinski definition) is 1. The summed E-state index contributed by atoms with van der Waals surface area (Å²) in [6, 6.07) is -0.0453. The van der Waals surface area contributed by atoms with Crippen LogP contribution >= 0.6 is 34.8 Å². The van der Waals surface area contributed by atoms with Crippen molar-refractivity contribution in [3.05, 3.63) is 12.2 Å². The number of rotatable bonds is 1. The smallest absolute Gasteiger partial charge is 0.272 e. The third kappa shape index (κ3) is 4.69. The Kier molecular flexibility index (Phi) is 4.79. The van der Waals surface area contributed by atoms with Crippen molar-refractivity contribution in [3.63, 3.8) is 0 Å². The molecule has 2 atom stereocenters. The lowest BCUT2D eigenvalue weighted by Gasteiger charge is -2.35. The molecule has 0 unspecified atom stereocenters. The maximum atomic E-state index is 11.5. The van der Waals surface area contributed by atoms with Crippen molar-refractivity contribution in [2.75, 3.05) is 0 Å². The van der Waals surface area contributed by atoms with Gasteiger partial charge in [0.1, 0.15) is 0 Å². The third-order valence-electron chi connectivity index (χ3n) is 3.13. The summed E-state index contributed by atoms with van der Waals surface area (Å²) in [5, 5.41) is 2.74. The molecule has 17 heavy (non-hydrogen) atoms. The summed E-state index contributed by atoms with van der Waals surface area (Å²) in [7, 11) is 0. The van der Waals surface area contributed by atoms with Crippen molar-refractivity contribution in [1.82, 2.24) is 5.32 Å². The number of carbonyl (C=O) groups excluding carboxylic acids is 1. The predicted octanol–water partition coefficient (Wildman–Crippen LogP) is 3.85. The van der Waals surface area contributed by atoms with Gasteiger partial charge < -0.3 is 5.32 Å². The van der Waals surface area contributed by atoms with Crippen LogP contribution in [0.3, 0.4) is 0 Å². The van der Waals surface area contributed by atoms with Crippen LogP contribution in [0.2, 0.25) is 0 Å². The molecule has 0 bridgehead atoms. The zero-order valence-corrected chi connectivity index (χ0v) is 12.5. The molecule has 0 aromatic carbocycles. The number of halogens is 3. The number of nitrogens with one attached hydrogen (secondary N) is 1. The summed E-state index contributed by atoms with van der Waals surface area (Å²) in [6.45, 7) is 6.60. The zero-order valence-electron chi connectivity index (χ0n) is 10.3. The molecule has 0 aliphatic heterocycles. The number of hydrogen-bond acceptors (Lipinski definition) is 1. The summed E-state index contributed by atoms with van der Waals surface area (Å²) in [4.78, 5) is 11.5. The Hall–Kier alpha value is 0.0800. The molecule has 1 aliphatic carbocycles. The van der Waals surface area contributed by atoms with E-state index in [0.29, 0.717) is 5.92 Å². The summed E-state index contributed by atoms with van der Waals surface area (Å²) >= 11 is 16.6. The van der Waals surface area contributed by atoms with E-state index in [2.05, 4.69) is 32.2 Å². The van der Waals surface area contributed by atoms with Crippen LogP contribution in [0.5, 0.6) is 0 Å². The van der Waals surface area contributed by atoms with Gasteiger partial charge in [0.25, 0.3) is 9.70 Å². The fourth-order valence-corrected chi connectivity index (χ4v) is 2.12. The van der Waals surface area contributed by atoms with Crippen molar-refractivity contribution >= 4 is 40.7 Å². The molecule has 0 spiro atoms. The largest absolute Gasteiger partial charge is 0.346 e. The molecule has 1 aliphatic rings. The van der Waals surface area contributed by atoms with Crippen LogP contribution in [0.25, 0.3) is 0 Å². The summed E-state index contributed by atoms with van der Waals surface area (Å²) in [5.74, 6) is -0.0418. The quantitative estimate of drug-likeness (QED) is 0.578. The first-order valence-electron chi connectivity index (χ1n) is 5.65. The highest BCUT2D eigenvalue weighted by Crippen LogP contribution is 2.35. The minimum absolute atomic E-state index is 0.0453. The molecular weight excluding hydrogens is 280 g/mol. The number of amides is 1. The second kappa shape index (κ2) is 5.38. The van der Waals surface area contributed by atoms with Crippen LogP contribution in [0.1, 0.15) is 33.6 Å². The molecule has 2 nitrogen and oxygen atoms in total. The van der Waals surface area contributed by atoms with Crippen LogP contribution in [0.4, 0.5) is 0 Å². The Balaban J connectivity index is 2.61. The average molecular weight is 299 g/mol. The molecule has 0 saturated heterocycles. The topological polar surface area (TPSA) is 29.1 Å². The van der Waals surface area contributed by atoms with E-state index in [1.807, 2.05) is 6.08 Å². The highest BCUT2D eigenvalue weighted by molar-refractivity contribution is 6.76. The SMILES string of the molecule is CC(C)(C)[C@H]1CC=C[C@H](NC(=O)C(Cl)(Cl)Cl)C1. The minimum atomic E-state index is -1.89. The Morgan fingerprint density at radius 3 is 2.35 bits per heavy atom. The third-order valence-corrected chi connectivity index (χ3v) is 3.64. The maximum absolute atomic E-state index is 11.5. The van der Waals surface area contributed by atoms with Gasteiger partial charge in [0.05, 0.1) is 0 Å². The van der Waals surface area contributed by atoms with Crippen molar-refractivity contribution in [3.8, 4) is 0 Å². The summed E-state index contributed by atoms with van der Waals surface area (Å²) < 4.78 is -1.89. The number of allylic oxidation sites excluding steroid dienone is 1. The zero-order chi connectivity index (χ0) is 13.3. The van der Waals surface area contributed by atoms with Crippen molar-refractivity contribution in [2.24, 2.45) is 11.3 Å². The fourth-order valence-electron chi connectivity index (χ4n) is 1.95. The van der Waals surface area contributed by atoms with Gasteiger partial charge >= 0.3 is 0 Å². The Morgan fingerprint density at radius 1 is 1.29 bits per heavy atom. The van der Waals surface area contributed by atoms with E-state index in [0.717, 1.165) is 12.8 Å². The maximum Gasteiger partial charge on any atom is 0.272 e. The van der Waals surface area contributed by atoms with Gasteiger partial charge in [0.15, 0.2) is 0 Å². The van der Waals surface area contributed by atoms with Crippen LogP contribution in [0.15, 0.2) is 12.2 Å². The van der Waals surface area contributed by atoms with E-state index in [-0.39, 0.29) is 11.5 Å². The van der Waals surface area contributed by atoms with Gasteiger partial charge in [-0.15, -0.1) is 0 Å². The van der Waals surface area contributed by atoms with Gasteiger partial charge in [-0.2, -0.15) is 0 Å². The van der Waals surface area contributed by atoms with Crippen LogP contribution in [-0.2, 0) is 4.79 Å². The van der Waals surface area contributed by atoms with Gasteiger partial charge in [-0.1, -0.05) is 67.7 Å². The van der Waals surface area contributed by atoms with E-state index in [1.54, 1.807) is 0 Å². The fraction of sp³-hybridized carbons (Fsp3) is 0.750. The van der Waals surface area contributed by atoms with E-state index >= 15 is 0 Å². The van der Waals surface area contributed by atoms with E-state index in [4.69, 9.17) is 34.8 Å². The van der Waals surface area contributed by atoms with Crippen molar-refractivity contribution < 1.29 is 4.79 Å². The first kappa shape index (κ1) is 15.1. The standard InChI is InChI=1S/C12H18Cl3NO/c1-11(2,3)8-5-4-6-9(7-8)16-10(17)12(13,14)15/h4,6,8-9H,5,7H2,1-3H3,(H,16,17)/t8-,9-/m0/s1. The van der Waals surface area contributed by atoms with Gasteiger partial charge in [-0.3, -0.25) is 4.79 Å².